The third-order valence-electron chi connectivity index (χ3n) is 2.79. The molecule has 0 aliphatic rings. The number of likely N-dealkylation sites (N-methyl/N-ethyl adjacent to an activating group) is 1. The number of rotatable bonds is 7. The minimum Gasteiger partial charge on any atom is -0.312 e. The normalized spacial score (nSPS) is 16.3. The van der Waals surface area contributed by atoms with Crippen molar-refractivity contribution in [3.63, 3.8) is 0 Å². The minimum atomic E-state index is 0.624. The van der Waals surface area contributed by atoms with E-state index in [-0.39, 0.29) is 0 Å². The van der Waals surface area contributed by atoms with Crippen molar-refractivity contribution >= 4 is 0 Å². The van der Waals surface area contributed by atoms with Crippen molar-refractivity contribution in [3.05, 3.63) is 0 Å². The van der Waals surface area contributed by atoms with Gasteiger partial charge in [0.05, 0.1) is 0 Å². The number of hydrogen-bond acceptors (Lipinski definition) is 2. The van der Waals surface area contributed by atoms with Crippen molar-refractivity contribution < 1.29 is 0 Å². The molecular formula is C12H28N2. The van der Waals surface area contributed by atoms with Gasteiger partial charge in [0.2, 0.25) is 0 Å². The first-order valence-electron chi connectivity index (χ1n) is 5.85. The van der Waals surface area contributed by atoms with E-state index >= 15 is 0 Å². The Balaban J connectivity index is 3.85. The second-order valence-corrected chi connectivity index (χ2v) is 5.03. The first kappa shape index (κ1) is 13.9. The lowest BCUT2D eigenvalue weighted by atomic mass is 10.0. The van der Waals surface area contributed by atoms with Crippen LogP contribution in [0.2, 0.25) is 0 Å². The summed E-state index contributed by atoms with van der Waals surface area (Å²) in [6, 6.07) is 0.624. The Hall–Kier alpha value is -0.0800. The maximum Gasteiger partial charge on any atom is 0.0217 e. The number of hydrogen-bond donors (Lipinski definition) is 1. The molecule has 2 atom stereocenters. The highest BCUT2D eigenvalue weighted by molar-refractivity contribution is 4.73. The fourth-order valence-electron chi connectivity index (χ4n) is 1.40. The summed E-state index contributed by atoms with van der Waals surface area (Å²) < 4.78 is 0. The molecule has 0 bridgehead atoms. The first-order valence-corrected chi connectivity index (χ1v) is 5.85. The van der Waals surface area contributed by atoms with Crippen LogP contribution in [0.3, 0.4) is 0 Å². The Kier molecular flexibility index (Phi) is 7.20. The molecule has 0 aromatic rings. The van der Waals surface area contributed by atoms with Crippen molar-refractivity contribution in [3.8, 4) is 0 Å². The van der Waals surface area contributed by atoms with Gasteiger partial charge in [-0.25, -0.2) is 0 Å². The molecule has 0 rings (SSSR count). The first-order chi connectivity index (χ1) is 6.47. The van der Waals surface area contributed by atoms with E-state index in [4.69, 9.17) is 0 Å². The number of nitrogens with one attached hydrogen (secondary N) is 1. The zero-order valence-corrected chi connectivity index (χ0v) is 10.8. The van der Waals surface area contributed by atoms with Crippen LogP contribution in [0.1, 0.15) is 34.1 Å². The SMILES string of the molecule is CCC(C)CNC(CN(C)C)C(C)C. The van der Waals surface area contributed by atoms with Crippen molar-refractivity contribution in [2.45, 2.75) is 40.2 Å². The average Bonchev–Trinajstić information content (AvgIpc) is 2.10. The van der Waals surface area contributed by atoms with Crippen molar-refractivity contribution in [1.82, 2.24) is 10.2 Å². The lowest BCUT2D eigenvalue weighted by molar-refractivity contribution is 0.279. The van der Waals surface area contributed by atoms with Gasteiger partial charge in [0.1, 0.15) is 0 Å². The van der Waals surface area contributed by atoms with Crippen LogP contribution >= 0.6 is 0 Å². The van der Waals surface area contributed by atoms with E-state index in [1.54, 1.807) is 0 Å². The molecule has 2 heteroatoms. The maximum absolute atomic E-state index is 3.66. The van der Waals surface area contributed by atoms with E-state index in [1.807, 2.05) is 0 Å². The molecule has 0 fully saturated rings. The molecule has 0 aromatic carbocycles. The Morgan fingerprint density at radius 2 is 1.71 bits per heavy atom. The highest BCUT2D eigenvalue weighted by Crippen LogP contribution is 2.05. The topological polar surface area (TPSA) is 15.3 Å². The Morgan fingerprint density at radius 1 is 1.14 bits per heavy atom. The van der Waals surface area contributed by atoms with Crippen LogP contribution in [0, 0.1) is 11.8 Å². The Morgan fingerprint density at radius 3 is 2.07 bits per heavy atom. The van der Waals surface area contributed by atoms with Gasteiger partial charge >= 0.3 is 0 Å². The van der Waals surface area contributed by atoms with Gasteiger partial charge in [-0.15, -0.1) is 0 Å². The average molecular weight is 200 g/mol. The second-order valence-electron chi connectivity index (χ2n) is 5.03. The van der Waals surface area contributed by atoms with Gasteiger partial charge in [0.25, 0.3) is 0 Å². The second kappa shape index (κ2) is 7.24. The van der Waals surface area contributed by atoms with Gasteiger partial charge in [-0.1, -0.05) is 34.1 Å². The summed E-state index contributed by atoms with van der Waals surface area (Å²) in [5, 5.41) is 3.66. The third-order valence-corrected chi connectivity index (χ3v) is 2.79. The molecule has 0 radical (unpaired) electrons. The summed E-state index contributed by atoms with van der Waals surface area (Å²) in [4.78, 5) is 2.26. The van der Waals surface area contributed by atoms with E-state index < -0.39 is 0 Å². The molecule has 14 heavy (non-hydrogen) atoms. The largest absolute Gasteiger partial charge is 0.312 e. The van der Waals surface area contributed by atoms with Crippen LogP contribution in [0.15, 0.2) is 0 Å². The third kappa shape index (κ3) is 6.39. The fourth-order valence-corrected chi connectivity index (χ4v) is 1.40. The van der Waals surface area contributed by atoms with Crippen LogP contribution in [0.4, 0.5) is 0 Å². The summed E-state index contributed by atoms with van der Waals surface area (Å²) in [5.74, 6) is 1.50. The summed E-state index contributed by atoms with van der Waals surface area (Å²) in [6.45, 7) is 11.4. The van der Waals surface area contributed by atoms with Crippen molar-refractivity contribution in [2.75, 3.05) is 27.2 Å². The molecule has 0 aliphatic heterocycles. The van der Waals surface area contributed by atoms with Crippen LogP contribution < -0.4 is 5.32 Å². The van der Waals surface area contributed by atoms with Crippen LogP contribution in [0.5, 0.6) is 0 Å². The highest BCUT2D eigenvalue weighted by atomic mass is 15.1. The Bertz CT molecular complexity index is 132. The van der Waals surface area contributed by atoms with Crippen LogP contribution in [-0.2, 0) is 0 Å². The summed E-state index contributed by atoms with van der Waals surface area (Å²) in [5.41, 5.74) is 0. The van der Waals surface area contributed by atoms with Crippen molar-refractivity contribution in [1.29, 1.82) is 0 Å². The minimum absolute atomic E-state index is 0.624. The lowest BCUT2D eigenvalue weighted by Gasteiger charge is -2.27. The van der Waals surface area contributed by atoms with Crippen LogP contribution in [0.25, 0.3) is 0 Å². The summed E-state index contributed by atoms with van der Waals surface area (Å²) in [6.07, 6.45) is 1.26. The van der Waals surface area contributed by atoms with E-state index in [2.05, 4.69) is 52.0 Å². The van der Waals surface area contributed by atoms with Gasteiger partial charge in [0, 0.05) is 12.6 Å². The fraction of sp³-hybridized carbons (Fsp3) is 1.00. The van der Waals surface area contributed by atoms with Crippen LogP contribution in [-0.4, -0.2) is 38.1 Å². The molecule has 2 unspecified atom stereocenters. The molecule has 0 aliphatic carbocycles. The lowest BCUT2D eigenvalue weighted by Crippen LogP contribution is -2.43. The standard InChI is InChI=1S/C12H28N2/c1-7-11(4)8-13-12(10(2)3)9-14(5)6/h10-13H,7-9H2,1-6H3. The van der Waals surface area contributed by atoms with E-state index in [1.165, 1.54) is 6.42 Å². The van der Waals surface area contributed by atoms with Crippen molar-refractivity contribution in [2.24, 2.45) is 11.8 Å². The molecule has 0 aromatic heterocycles. The van der Waals surface area contributed by atoms with Gasteiger partial charge in [0.15, 0.2) is 0 Å². The van der Waals surface area contributed by atoms with Gasteiger partial charge in [-0.05, 0) is 32.5 Å². The summed E-state index contributed by atoms with van der Waals surface area (Å²) in [7, 11) is 4.28. The van der Waals surface area contributed by atoms with Gasteiger partial charge in [-0.2, -0.15) is 0 Å². The molecule has 86 valence electrons. The molecular weight excluding hydrogens is 172 g/mol. The Labute approximate surface area is 90.1 Å². The zero-order chi connectivity index (χ0) is 11.1. The van der Waals surface area contributed by atoms with Gasteiger partial charge in [-0.3, -0.25) is 0 Å². The zero-order valence-electron chi connectivity index (χ0n) is 10.8. The molecule has 0 saturated heterocycles. The van der Waals surface area contributed by atoms with E-state index in [0.29, 0.717) is 12.0 Å². The molecule has 1 N–H and O–H groups in total. The predicted octanol–water partition coefficient (Wildman–Crippen LogP) is 2.21. The maximum atomic E-state index is 3.66. The quantitative estimate of drug-likeness (QED) is 0.678. The van der Waals surface area contributed by atoms with Gasteiger partial charge < -0.3 is 10.2 Å². The summed E-state index contributed by atoms with van der Waals surface area (Å²) >= 11 is 0. The van der Waals surface area contributed by atoms with E-state index in [9.17, 15) is 0 Å². The van der Waals surface area contributed by atoms with E-state index in [0.717, 1.165) is 19.0 Å². The molecule has 0 amide bonds. The predicted molar refractivity (Wildman–Crippen MR) is 64.6 cm³/mol. The smallest absolute Gasteiger partial charge is 0.0217 e. The number of nitrogens with zero attached hydrogens (tertiary/aromatic N) is 1. The molecule has 0 spiro atoms. The molecule has 0 saturated carbocycles. The molecule has 0 heterocycles. The molecule has 2 nitrogen and oxygen atoms in total. The monoisotopic (exact) mass is 200 g/mol. The highest BCUT2D eigenvalue weighted by Gasteiger charge is 2.14.